The zero-order valence-electron chi connectivity index (χ0n) is 24.0. The number of thiazole rings is 1. The highest BCUT2D eigenvalue weighted by Crippen LogP contribution is 2.45. The summed E-state index contributed by atoms with van der Waals surface area (Å²) in [6.07, 6.45) is 0.703. The van der Waals surface area contributed by atoms with Gasteiger partial charge in [0, 0.05) is 12.0 Å². The highest BCUT2D eigenvalue weighted by molar-refractivity contribution is 7.22. The van der Waals surface area contributed by atoms with E-state index in [0.717, 1.165) is 21.6 Å². The molecule has 0 radical (unpaired) electrons. The Morgan fingerprint density at radius 3 is 2.66 bits per heavy atom. The Kier molecular flexibility index (Phi) is 7.02. The van der Waals surface area contributed by atoms with E-state index >= 15 is 0 Å². The number of hydrogen-bond donors (Lipinski definition) is 1. The molecule has 1 saturated heterocycles. The van der Waals surface area contributed by atoms with Gasteiger partial charge in [0.05, 0.1) is 28.9 Å². The number of ketones is 1. The van der Waals surface area contributed by atoms with Crippen molar-refractivity contribution in [3.05, 3.63) is 119 Å². The van der Waals surface area contributed by atoms with E-state index in [1.165, 1.54) is 16.2 Å². The van der Waals surface area contributed by atoms with Gasteiger partial charge in [-0.2, -0.15) is 0 Å². The van der Waals surface area contributed by atoms with Crippen LogP contribution in [0.25, 0.3) is 16.0 Å². The van der Waals surface area contributed by atoms with Crippen molar-refractivity contribution < 1.29 is 28.9 Å². The second kappa shape index (κ2) is 11.2. The molecule has 0 bridgehead atoms. The van der Waals surface area contributed by atoms with Crippen molar-refractivity contribution in [2.75, 3.05) is 12.0 Å². The van der Waals surface area contributed by atoms with Gasteiger partial charge in [0.25, 0.3) is 5.78 Å². The van der Waals surface area contributed by atoms with Crippen LogP contribution < -0.4 is 19.1 Å². The van der Waals surface area contributed by atoms with Gasteiger partial charge >= 0.3 is 5.91 Å². The number of carbonyl (C=O) groups is 2. The molecule has 0 aliphatic carbocycles. The van der Waals surface area contributed by atoms with Crippen LogP contribution in [0.4, 0.5) is 5.13 Å². The zero-order valence-corrected chi connectivity index (χ0v) is 24.8. The molecule has 4 aromatic carbocycles. The molecule has 3 heterocycles. The molecule has 8 nitrogen and oxygen atoms in total. The van der Waals surface area contributed by atoms with Crippen molar-refractivity contribution in [1.82, 2.24) is 4.98 Å². The van der Waals surface area contributed by atoms with Crippen molar-refractivity contribution >= 4 is 44.1 Å². The molecular weight excluding hydrogens is 576 g/mol. The van der Waals surface area contributed by atoms with Crippen LogP contribution in [0, 0.1) is 0 Å². The number of aliphatic hydroxyl groups excluding tert-OH is 1. The summed E-state index contributed by atoms with van der Waals surface area (Å²) >= 11 is 1.28. The third-order valence-corrected chi connectivity index (χ3v) is 8.84. The average molecular weight is 605 g/mol. The summed E-state index contributed by atoms with van der Waals surface area (Å²) in [4.78, 5) is 33.6. The Labute approximate surface area is 257 Å². The average Bonchev–Trinajstić information content (AvgIpc) is 3.71. The maximum Gasteiger partial charge on any atom is 0.301 e. The summed E-state index contributed by atoms with van der Waals surface area (Å²) < 4.78 is 18.1. The van der Waals surface area contributed by atoms with Crippen molar-refractivity contribution in [1.29, 1.82) is 0 Å². The molecule has 1 fully saturated rings. The molecule has 7 rings (SSSR count). The summed E-state index contributed by atoms with van der Waals surface area (Å²) in [6.45, 7) is 2.32. The van der Waals surface area contributed by atoms with Gasteiger partial charge in [-0.05, 0) is 72.1 Å². The number of Topliss-reactive ketones (excluding diaryl/α,β-unsaturated/α-hetero) is 1. The zero-order chi connectivity index (χ0) is 30.4. The third kappa shape index (κ3) is 4.95. The Balaban J connectivity index is 1.34. The van der Waals surface area contributed by atoms with Gasteiger partial charge in [0.15, 0.2) is 5.13 Å². The Bertz CT molecular complexity index is 1950. The number of hydrogen-bond acceptors (Lipinski definition) is 8. The summed E-state index contributed by atoms with van der Waals surface area (Å²) in [5.74, 6) is 0.163. The standard InChI is InChI=1S/C35H28N2O6S/c1-20-15-24-16-23(11-14-28(24)43-20)32(38)30-31(22-9-6-10-26(17-22)42-19-21-7-4-3-5-8-21)37(34(40)33(30)39)35-36-27-13-12-25(41-2)18-29(27)44-35/h3-14,16-18,20,31,38H,15,19H2,1-2H3/b32-30+/t20-,31-/m1/s1. The largest absolute Gasteiger partial charge is 0.507 e. The first-order chi connectivity index (χ1) is 21.4. The second-order valence-corrected chi connectivity index (χ2v) is 11.8. The van der Waals surface area contributed by atoms with Crippen LogP contribution in [0.1, 0.15) is 35.2 Å². The lowest BCUT2D eigenvalue weighted by atomic mass is 9.94. The molecule has 220 valence electrons. The molecule has 0 spiro atoms. The SMILES string of the molecule is COc1ccc2nc(N3C(=O)C(=O)/C(=C(/O)c4ccc5c(c4)C[C@@H](C)O5)[C@H]3c3cccc(OCc4ccccc4)c3)sc2c1. The second-order valence-electron chi connectivity index (χ2n) is 10.8. The number of nitrogens with zero attached hydrogens (tertiary/aromatic N) is 2. The number of benzene rings is 4. The van der Waals surface area contributed by atoms with Crippen LogP contribution in [-0.4, -0.2) is 35.0 Å². The molecule has 9 heteroatoms. The van der Waals surface area contributed by atoms with Gasteiger partial charge in [-0.1, -0.05) is 53.8 Å². The lowest BCUT2D eigenvalue weighted by Crippen LogP contribution is -2.29. The number of anilines is 1. The van der Waals surface area contributed by atoms with E-state index in [2.05, 4.69) is 0 Å². The minimum Gasteiger partial charge on any atom is -0.507 e. The minimum atomic E-state index is -0.943. The van der Waals surface area contributed by atoms with Gasteiger partial charge in [0.2, 0.25) is 0 Å². The quantitative estimate of drug-likeness (QED) is 0.123. The molecule has 44 heavy (non-hydrogen) atoms. The molecule has 5 aromatic rings. The number of ether oxygens (including phenoxy) is 3. The predicted molar refractivity (Wildman–Crippen MR) is 168 cm³/mol. The van der Waals surface area contributed by atoms with Gasteiger partial charge in [-0.3, -0.25) is 14.5 Å². The number of rotatable bonds is 7. The van der Waals surface area contributed by atoms with Crippen molar-refractivity contribution in [2.24, 2.45) is 0 Å². The third-order valence-electron chi connectivity index (χ3n) is 7.83. The number of methoxy groups -OCH3 is 1. The van der Waals surface area contributed by atoms with E-state index in [1.807, 2.05) is 73.7 Å². The smallest absolute Gasteiger partial charge is 0.301 e. The number of aliphatic hydroxyl groups is 1. The monoisotopic (exact) mass is 604 g/mol. The Hall–Kier alpha value is -5.15. The molecule has 0 unspecified atom stereocenters. The summed E-state index contributed by atoms with van der Waals surface area (Å²) in [5, 5.41) is 12.0. The maximum absolute atomic E-state index is 13.8. The first-order valence-electron chi connectivity index (χ1n) is 14.2. The van der Waals surface area contributed by atoms with E-state index in [0.29, 0.717) is 46.3 Å². The summed E-state index contributed by atoms with van der Waals surface area (Å²) in [5.41, 5.74) is 3.63. The van der Waals surface area contributed by atoms with Crippen molar-refractivity contribution in [3.8, 4) is 17.2 Å². The molecular formula is C35H28N2O6S. The minimum absolute atomic E-state index is 0.0149. The van der Waals surface area contributed by atoms with E-state index in [4.69, 9.17) is 19.2 Å². The van der Waals surface area contributed by atoms with Gasteiger partial charge in [0.1, 0.15) is 35.7 Å². The van der Waals surface area contributed by atoms with Crippen LogP contribution in [0.15, 0.2) is 96.6 Å². The van der Waals surface area contributed by atoms with Crippen LogP contribution in [0.2, 0.25) is 0 Å². The number of aromatic nitrogens is 1. The normalized spacial score (nSPS) is 18.8. The molecule has 2 aliphatic heterocycles. The van der Waals surface area contributed by atoms with Crippen molar-refractivity contribution in [3.63, 3.8) is 0 Å². The molecule has 1 amide bonds. The van der Waals surface area contributed by atoms with Crippen LogP contribution >= 0.6 is 11.3 Å². The first kappa shape index (κ1) is 27.7. The highest BCUT2D eigenvalue weighted by atomic mass is 32.1. The molecule has 1 N–H and O–H groups in total. The maximum atomic E-state index is 13.8. The fraction of sp³-hybridized carbons (Fsp3) is 0.171. The number of carbonyl (C=O) groups excluding carboxylic acids is 2. The summed E-state index contributed by atoms with van der Waals surface area (Å²) in [6, 6.07) is 26.9. The summed E-state index contributed by atoms with van der Waals surface area (Å²) in [7, 11) is 1.58. The van der Waals surface area contributed by atoms with E-state index < -0.39 is 17.7 Å². The van der Waals surface area contributed by atoms with Crippen LogP contribution in [0.5, 0.6) is 17.2 Å². The predicted octanol–water partition coefficient (Wildman–Crippen LogP) is 6.83. The van der Waals surface area contributed by atoms with Crippen molar-refractivity contribution in [2.45, 2.75) is 32.1 Å². The lowest BCUT2D eigenvalue weighted by molar-refractivity contribution is -0.132. The lowest BCUT2D eigenvalue weighted by Gasteiger charge is -2.23. The van der Waals surface area contributed by atoms with Gasteiger partial charge in [-0.25, -0.2) is 4.98 Å². The van der Waals surface area contributed by atoms with E-state index in [9.17, 15) is 14.7 Å². The van der Waals surface area contributed by atoms with Gasteiger partial charge in [-0.15, -0.1) is 0 Å². The fourth-order valence-corrected chi connectivity index (χ4v) is 6.73. The molecule has 0 saturated carbocycles. The van der Waals surface area contributed by atoms with Crippen LogP contribution in [-0.2, 0) is 22.6 Å². The topological polar surface area (TPSA) is 98.2 Å². The first-order valence-corrected chi connectivity index (χ1v) is 15.0. The molecule has 1 aromatic heterocycles. The number of amides is 1. The van der Waals surface area contributed by atoms with Gasteiger partial charge < -0.3 is 19.3 Å². The Morgan fingerprint density at radius 1 is 1.00 bits per heavy atom. The van der Waals surface area contributed by atoms with E-state index in [-0.39, 0.29) is 17.4 Å². The Morgan fingerprint density at radius 2 is 1.84 bits per heavy atom. The molecule has 2 atom stereocenters. The van der Waals surface area contributed by atoms with Crippen LogP contribution in [0.3, 0.4) is 0 Å². The van der Waals surface area contributed by atoms with E-state index in [1.54, 1.807) is 31.4 Å². The fourth-order valence-electron chi connectivity index (χ4n) is 5.71. The number of fused-ring (bicyclic) bond motifs is 2. The highest BCUT2D eigenvalue weighted by Gasteiger charge is 2.48. The molecule has 2 aliphatic rings.